The number of carbonyl (C=O) groups excluding carboxylic acids is 1. The molecule has 20 heavy (non-hydrogen) atoms. The Hall–Kier alpha value is -0.610. The van der Waals surface area contributed by atoms with E-state index in [0.717, 1.165) is 45.2 Å². The third-order valence-electron chi connectivity index (χ3n) is 4.91. The summed E-state index contributed by atoms with van der Waals surface area (Å²) in [5, 5.41) is 3.35. The fraction of sp³-hybridized carbons (Fsp3) is 0.938. The van der Waals surface area contributed by atoms with Crippen LogP contribution in [0.15, 0.2) is 0 Å². The van der Waals surface area contributed by atoms with Gasteiger partial charge in [0, 0.05) is 39.3 Å². The second-order valence-electron chi connectivity index (χ2n) is 6.37. The van der Waals surface area contributed by atoms with E-state index in [-0.39, 0.29) is 6.04 Å². The molecule has 0 aromatic rings. The highest BCUT2D eigenvalue weighted by Crippen LogP contribution is 2.22. The summed E-state index contributed by atoms with van der Waals surface area (Å²) in [5.74, 6) is 1.19. The largest absolute Gasteiger partial charge is 0.341 e. The molecule has 2 fully saturated rings. The van der Waals surface area contributed by atoms with Crippen molar-refractivity contribution in [3.8, 4) is 0 Å². The highest BCUT2D eigenvalue weighted by molar-refractivity contribution is 5.81. The second-order valence-corrected chi connectivity index (χ2v) is 6.37. The van der Waals surface area contributed by atoms with Crippen molar-refractivity contribution in [3.05, 3.63) is 0 Å². The Bertz CT molecular complexity index is 302. The normalized spacial score (nSPS) is 27.1. The van der Waals surface area contributed by atoms with Gasteiger partial charge in [0.25, 0.3) is 0 Å². The molecule has 2 heterocycles. The molecule has 2 aliphatic heterocycles. The Morgan fingerprint density at radius 1 is 1.20 bits per heavy atom. The summed E-state index contributed by atoms with van der Waals surface area (Å²) in [6.07, 6.45) is 6.29. The molecule has 0 aromatic carbocycles. The molecule has 2 aliphatic rings. The first kappa shape index (κ1) is 15.8. The minimum Gasteiger partial charge on any atom is -0.341 e. The summed E-state index contributed by atoms with van der Waals surface area (Å²) in [4.78, 5) is 17.1. The monoisotopic (exact) mass is 281 g/mol. The zero-order valence-corrected chi connectivity index (χ0v) is 13.2. The van der Waals surface area contributed by atoms with Crippen LogP contribution in [0.1, 0.15) is 46.0 Å². The van der Waals surface area contributed by atoms with Gasteiger partial charge < -0.3 is 10.2 Å². The third kappa shape index (κ3) is 4.19. The maximum atomic E-state index is 12.7. The molecular formula is C16H31N3O. The van der Waals surface area contributed by atoms with E-state index >= 15 is 0 Å². The van der Waals surface area contributed by atoms with Crippen molar-refractivity contribution in [1.82, 2.24) is 15.1 Å². The molecule has 4 nitrogen and oxygen atoms in total. The first-order valence-corrected chi connectivity index (χ1v) is 8.46. The summed E-state index contributed by atoms with van der Waals surface area (Å²) in [6.45, 7) is 10.3. The second kappa shape index (κ2) is 7.99. The Labute approximate surface area is 123 Å². The Morgan fingerprint density at radius 3 is 2.65 bits per heavy atom. The zero-order chi connectivity index (χ0) is 14.4. The van der Waals surface area contributed by atoms with Crippen molar-refractivity contribution in [1.29, 1.82) is 0 Å². The number of piperazine rings is 1. The molecule has 0 bridgehead atoms. The minimum atomic E-state index is 0.0554. The number of hydrogen-bond donors (Lipinski definition) is 1. The van der Waals surface area contributed by atoms with Gasteiger partial charge in [-0.25, -0.2) is 0 Å². The van der Waals surface area contributed by atoms with Crippen molar-refractivity contribution in [3.63, 3.8) is 0 Å². The predicted molar refractivity (Wildman–Crippen MR) is 82.7 cm³/mol. The van der Waals surface area contributed by atoms with Crippen molar-refractivity contribution in [2.24, 2.45) is 5.92 Å². The lowest BCUT2D eigenvalue weighted by Crippen LogP contribution is -2.53. The van der Waals surface area contributed by atoms with Crippen molar-refractivity contribution in [2.75, 3.05) is 39.3 Å². The van der Waals surface area contributed by atoms with Crippen LogP contribution in [0, 0.1) is 5.92 Å². The lowest BCUT2D eigenvalue weighted by molar-refractivity contribution is -0.136. The molecule has 2 unspecified atom stereocenters. The molecule has 116 valence electrons. The zero-order valence-electron chi connectivity index (χ0n) is 13.2. The van der Waals surface area contributed by atoms with Crippen molar-refractivity contribution < 1.29 is 4.79 Å². The van der Waals surface area contributed by atoms with Gasteiger partial charge in [-0.3, -0.25) is 9.69 Å². The van der Waals surface area contributed by atoms with Gasteiger partial charge in [0.1, 0.15) is 0 Å². The van der Waals surface area contributed by atoms with Crippen molar-refractivity contribution >= 4 is 5.91 Å². The minimum absolute atomic E-state index is 0.0554. The number of carbonyl (C=O) groups is 1. The average molecular weight is 281 g/mol. The lowest BCUT2D eigenvalue weighted by atomic mass is 9.96. The van der Waals surface area contributed by atoms with E-state index in [1.807, 2.05) is 0 Å². The van der Waals surface area contributed by atoms with E-state index in [2.05, 4.69) is 29.0 Å². The fourth-order valence-electron chi connectivity index (χ4n) is 3.57. The number of rotatable bonds is 4. The molecule has 0 spiro atoms. The van der Waals surface area contributed by atoms with Gasteiger partial charge >= 0.3 is 0 Å². The molecule has 1 amide bonds. The molecule has 2 saturated heterocycles. The van der Waals surface area contributed by atoms with E-state index < -0.39 is 0 Å². The SMILES string of the molecule is CCCC1CCCN(C(=O)C(C)N2CCNCC2)CC1. The van der Waals surface area contributed by atoms with Gasteiger partial charge in [0.05, 0.1) is 6.04 Å². The van der Waals surface area contributed by atoms with E-state index in [0.29, 0.717) is 5.91 Å². The predicted octanol–water partition coefficient (Wildman–Crippen LogP) is 1.71. The smallest absolute Gasteiger partial charge is 0.239 e. The van der Waals surface area contributed by atoms with Gasteiger partial charge in [-0.05, 0) is 32.1 Å². The van der Waals surface area contributed by atoms with E-state index in [4.69, 9.17) is 0 Å². The Morgan fingerprint density at radius 2 is 1.95 bits per heavy atom. The van der Waals surface area contributed by atoms with E-state index in [9.17, 15) is 4.79 Å². The lowest BCUT2D eigenvalue weighted by Gasteiger charge is -2.34. The Balaban J connectivity index is 1.84. The average Bonchev–Trinajstić information content (AvgIpc) is 2.73. The van der Waals surface area contributed by atoms with Gasteiger partial charge in [-0.2, -0.15) is 0 Å². The van der Waals surface area contributed by atoms with Gasteiger partial charge in [0.2, 0.25) is 5.91 Å². The number of nitrogens with zero attached hydrogens (tertiary/aromatic N) is 2. The number of likely N-dealkylation sites (tertiary alicyclic amines) is 1. The van der Waals surface area contributed by atoms with Crippen LogP contribution < -0.4 is 5.32 Å². The number of amides is 1. The van der Waals surface area contributed by atoms with Crippen LogP contribution in [0.3, 0.4) is 0 Å². The quantitative estimate of drug-likeness (QED) is 0.852. The molecule has 0 aromatic heterocycles. The van der Waals surface area contributed by atoms with Crippen LogP contribution in [0.2, 0.25) is 0 Å². The highest BCUT2D eigenvalue weighted by Gasteiger charge is 2.28. The van der Waals surface area contributed by atoms with Crippen LogP contribution in [-0.4, -0.2) is 61.0 Å². The standard InChI is InChI=1S/C16H31N3O/c1-3-5-15-6-4-10-19(11-7-15)16(20)14(2)18-12-8-17-9-13-18/h14-15,17H,3-13H2,1-2H3. The summed E-state index contributed by atoms with van der Waals surface area (Å²) in [7, 11) is 0. The van der Waals surface area contributed by atoms with Crippen LogP contribution in [0.5, 0.6) is 0 Å². The maximum absolute atomic E-state index is 12.7. The first-order valence-electron chi connectivity index (χ1n) is 8.46. The molecule has 0 saturated carbocycles. The Kier molecular flexibility index (Phi) is 6.30. The molecule has 2 atom stereocenters. The van der Waals surface area contributed by atoms with E-state index in [1.165, 1.54) is 32.1 Å². The highest BCUT2D eigenvalue weighted by atomic mass is 16.2. The molecule has 4 heteroatoms. The molecule has 1 N–H and O–H groups in total. The van der Waals surface area contributed by atoms with E-state index in [1.54, 1.807) is 0 Å². The molecule has 2 rings (SSSR count). The molecule has 0 aliphatic carbocycles. The van der Waals surface area contributed by atoms with Gasteiger partial charge in [-0.15, -0.1) is 0 Å². The van der Waals surface area contributed by atoms with Gasteiger partial charge in [-0.1, -0.05) is 19.8 Å². The van der Waals surface area contributed by atoms with Crippen LogP contribution in [-0.2, 0) is 4.79 Å². The third-order valence-corrected chi connectivity index (χ3v) is 4.91. The van der Waals surface area contributed by atoms with Crippen LogP contribution >= 0.6 is 0 Å². The fourth-order valence-corrected chi connectivity index (χ4v) is 3.57. The van der Waals surface area contributed by atoms with Gasteiger partial charge in [0.15, 0.2) is 0 Å². The number of hydrogen-bond acceptors (Lipinski definition) is 3. The summed E-state index contributed by atoms with van der Waals surface area (Å²) >= 11 is 0. The van der Waals surface area contributed by atoms with Crippen LogP contribution in [0.4, 0.5) is 0 Å². The molecule has 0 radical (unpaired) electrons. The summed E-state index contributed by atoms with van der Waals surface area (Å²) in [6, 6.07) is 0.0554. The first-order chi connectivity index (χ1) is 9.72. The van der Waals surface area contributed by atoms with Crippen molar-refractivity contribution in [2.45, 2.75) is 52.0 Å². The molecular weight excluding hydrogens is 250 g/mol. The topological polar surface area (TPSA) is 35.6 Å². The summed E-state index contributed by atoms with van der Waals surface area (Å²) in [5.41, 5.74) is 0. The summed E-state index contributed by atoms with van der Waals surface area (Å²) < 4.78 is 0. The van der Waals surface area contributed by atoms with Crippen LogP contribution in [0.25, 0.3) is 0 Å². The number of nitrogens with one attached hydrogen (secondary N) is 1. The maximum Gasteiger partial charge on any atom is 0.239 e.